The summed E-state index contributed by atoms with van der Waals surface area (Å²) < 4.78 is 0. The molecule has 1 aliphatic carbocycles. The van der Waals surface area contributed by atoms with Gasteiger partial charge in [0, 0.05) is 24.1 Å². The van der Waals surface area contributed by atoms with Crippen molar-refractivity contribution in [3.8, 4) is 0 Å². The van der Waals surface area contributed by atoms with E-state index in [0.29, 0.717) is 18.0 Å². The van der Waals surface area contributed by atoms with Crippen LogP contribution in [0.3, 0.4) is 0 Å². The molecule has 1 heterocycles. The lowest BCUT2D eigenvalue weighted by Gasteiger charge is -2.13. The fourth-order valence-electron chi connectivity index (χ4n) is 2.53. The van der Waals surface area contributed by atoms with Crippen molar-refractivity contribution >= 4 is 11.6 Å². The van der Waals surface area contributed by atoms with E-state index >= 15 is 0 Å². The number of pyridine rings is 1. The molecule has 0 spiro atoms. The number of hydrogen-bond acceptors (Lipinski definition) is 3. The van der Waals surface area contributed by atoms with E-state index in [-0.39, 0.29) is 5.92 Å². The van der Waals surface area contributed by atoms with Crippen LogP contribution in [0, 0.1) is 5.92 Å². The van der Waals surface area contributed by atoms with Crippen LogP contribution in [0.5, 0.6) is 0 Å². The van der Waals surface area contributed by atoms with Gasteiger partial charge < -0.3 is 5.73 Å². The minimum Gasteiger partial charge on any atom is -0.383 e. The number of Topliss-reactive ketones (excluding diaryl/α,β-unsaturated/α-hetero) is 1. The van der Waals surface area contributed by atoms with Crippen LogP contribution in [0.25, 0.3) is 0 Å². The lowest BCUT2D eigenvalue weighted by Crippen LogP contribution is -2.17. The van der Waals surface area contributed by atoms with Gasteiger partial charge in [-0.3, -0.25) is 4.79 Å². The zero-order valence-electron chi connectivity index (χ0n) is 10.2. The van der Waals surface area contributed by atoms with Crippen LogP contribution in [-0.2, 0) is 11.2 Å². The molecule has 17 heavy (non-hydrogen) atoms. The molecule has 0 unspecified atom stereocenters. The minimum atomic E-state index is 0.247. The summed E-state index contributed by atoms with van der Waals surface area (Å²) in [6.45, 7) is 0. The maximum absolute atomic E-state index is 12.2. The summed E-state index contributed by atoms with van der Waals surface area (Å²) in [6.07, 6.45) is 9.16. The van der Waals surface area contributed by atoms with Gasteiger partial charge in [-0.2, -0.15) is 0 Å². The van der Waals surface area contributed by atoms with Crippen molar-refractivity contribution in [2.75, 3.05) is 5.73 Å². The van der Waals surface area contributed by atoms with Crippen LogP contribution in [0.1, 0.15) is 44.1 Å². The second-order valence-electron chi connectivity index (χ2n) is 4.88. The zero-order valence-corrected chi connectivity index (χ0v) is 10.2. The Kier molecular flexibility index (Phi) is 4.13. The van der Waals surface area contributed by atoms with Gasteiger partial charge in [-0.15, -0.1) is 0 Å². The smallest absolute Gasteiger partial charge is 0.140 e. The molecule has 1 saturated carbocycles. The van der Waals surface area contributed by atoms with Gasteiger partial charge in [0.25, 0.3) is 0 Å². The Morgan fingerprint density at radius 3 is 2.65 bits per heavy atom. The zero-order chi connectivity index (χ0) is 12.1. The highest BCUT2D eigenvalue weighted by atomic mass is 16.1. The highest BCUT2D eigenvalue weighted by Gasteiger charge is 2.20. The Labute approximate surface area is 102 Å². The van der Waals surface area contributed by atoms with Crippen molar-refractivity contribution in [1.82, 2.24) is 4.98 Å². The van der Waals surface area contributed by atoms with E-state index in [9.17, 15) is 4.79 Å². The van der Waals surface area contributed by atoms with Crippen molar-refractivity contribution in [2.24, 2.45) is 5.92 Å². The van der Waals surface area contributed by atoms with Gasteiger partial charge in [-0.1, -0.05) is 31.7 Å². The summed E-state index contributed by atoms with van der Waals surface area (Å²) in [5, 5.41) is 0. The van der Waals surface area contributed by atoms with Crippen molar-refractivity contribution in [2.45, 2.75) is 44.9 Å². The van der Waals surface area contributed by atoms with Gasteiger partial charge in [-0.05, 0) is 18.9 Å². The Morgan fingerprint density at radius 1 is 1.29 bits per heavy atom. The SMILES string of the molecule is Nc1ncccc1CC(=O)C1CCCCCC1. The molecular formula is C14H20N2O. The number of nitrogens with two attached hydrogens (primary N) is 1. The minimum absolute atomic E-state index is 0.247. The number of hydrogen-bond donors (Lipinski definition) is 1. The third-order valence-corrected chi connectivity index (χ3v) is 3.60. The Morgan fingerprint density at radius 2 is 2.00 bits per heavy atom. The van der Waals surface area contributed by atoms with E-state index in [0.717, 1.165) is 18.4 Å². The molecule has 1 aliphatic rings. The van der Waals surface area contributed by atoms with Crippen molar-refractivity contribution < 1.29 is 4.79 Å². The van der Waals surface area contributed by atoms with Crippen molar-refractivity contribution in [3.63, 3.8) is 0 Å². The average Bonchev–Trinajstić information content (AvgIpc) is 2.61. The number of ketones is 1. The van der Waals surface area contributed by atoms with Crippen LogP contribution in [0.2, 0.25) is 0 Å². The number of nitrogen functional groups attached to an aromatic ring is 1. The van der Waals surface area contributed by atoms with E-state index in [4.69, 9.17) is 5.73 Å². The number of nitrogens with zero attached hydrogens (tertiary/aromatic N) is 1. The number of carbonyl (C=O) groups excluding carboxylic acids is 1. The molecule has 3 heteroatoms. The molecule has 0 bridgehead atoms. The first-order valence-electron chi connectivity index (χ1n) is 6.49. The fourth-order valence-corrected chi connectivity index (χ4v) is 2.53. The first kappa shape index (κ1) is 12.1. The molecule has 92 valence electrons. The van der Waals surface area contributed by atoms with Gasteiger partial charge in [0.1, 0.15) is 11.6 Å². The third kappa shape index (κ3) is 3.29. The van der Waals surface area contributed by atoms with Gasteiger partial charge in [0.2, 0.25) is 0 Å². The maximum atomic E-state index is 12.2. The van der Waals surface area contributed by atoms with Gasteiger partial charge >= 0.3 is 0 Å². The summed E-state index contributed by atoms with van der Waals surface area (Å²) in [7, 11) is 0. The van der Waals surface area contributed by atoms with Crippen molar-refractivity contribution in [1.29, 1.82) is 0 Å². The molecule has 1 aromatic heterocycles. The topological polar surface area (TPSA) is 56.0 Å². The third-order valence-electron chi connectivity index (χ3n) is 3.60. The number of aromatic nitrogens is 1. The first-order chi connectivity index (χ1) is 8.27. The number of anilines is 1. The predicted molar refractivity (Wildman–Crippen MR) is 68.6 cm³/mol. The molecule has 0 aliphatic heterocycles. The quantitative estimate of drug-likeness (QED) is 0.815. The first-order valence-corrected chi connectivity index (χ1v) is 6.49. The van der Waals surface area contributed by atoms with E-state index in [1.54, 1.807) is 6.20 Å². The maximum Gasteiger partial charge on any atom is 0.140 e. The molecule has 0 saturated heterocycles. The lowest BCUT2D eigenvalue weighted by molar-refractivity contribution is -0.122. The van der Waals surface area contributed by atoms with Crippen LogP contribution in [-0.4, -0.2) is 10.8 Å². The highest BCUT2D eigenvalue weighted by molar-refractivity contribution is 5.84. The fraction of sp³-hybridized carbons (Fsp3) is 0.571. The molecule has 1 fully saturated rings. The molecule has 3 nitrogen and oxygen atoms in total. The summed E-state index contributed by atoms with van der Waals surface area (Å²) in [4.78, 5) is 16.2. The molecule has 2 rings (SSSR count). The lowest BCUT2D eigenvalue weighted by atomic mass is 9.91. The second kappa shape index (κ2) is 5.80. The van der Waals surface area contributed by atoms with Crippen LogP contribution in [0.4, 0.5) is 5.82 Å². The summed E-state index contributed by atoms with van der Waals surface area (Å²) >= 11 is 0. The predicted octanol–water partition coefficient (Wildman–Crippen LogP) is 2.75. The molecule has 0 aromatic carbocycles. The monoisotopic (exact) mass is 232 g/mol. The molecule has 2 N–H and O–H groups in total. The van der Waals surface area contributed by atoms with E-state index < -0.39 is 0 Å². The average molecular weight is 232 g/mol. The van der Waals surface area contributed by atoms with Crippen LogP contribution < -0.4 is 5.73 Å². The number of carbonyl (C=O) groups is 1. The van der Waals surface area contributed by atoms with Crippen LogP contribution in [0.15, 0.2) is 18.3 Å². The largest absolute Gasteiger partial charge is 0.383 e. The summed E-state index contributed by atoms with van der Waals surface area (Å²) in [5.74, 6) is 1.08. The van der Waals surface area contributed by atoms with Gasteiger partial charge in [0.15, 0.2) is 0 Å². The molecule has 0 amide bonds. The van der Waals surface area contributed by atoms with E-state index in [1.807, 2.05) is 12.1 Å². The Hall–Kier alpha value is -1.38. The Balaban J connectivity index is 1.98. The highest BCUT2D eigenvalue weighted by Crippen LogP contribution is 2.25. The summed E-state index contributed by atoms with van der Waals surface area (Å²) in [6, 6.07) is 3.74. The molecule has 0 atom stereocenters. The van der Waals surface area contributed by atoms with Crippen molar-refractivity contribution in [3.05, 3.63) is 23.9 Å². The van der Waals surface area contributed by atoms with E-state index in [1.165, 1.54) is 25.7 Å². The molecule has 0 radical (unpaired) electrons. The Bertz CT molecular complexity index is 382. The standard InChI is InChI=1S/C14H20N2O/c15-14-12(8-5-9-16-14)10-13(17)11-6-3-1-2-4-7-11/h5,8-9,11H,1-4,6-7,10H2,(H2,15,16). The van der Waals surface area contributed by atoms with Gasteiger partial charge in [0.05, 0.1) is 0 Å². The molecular weight excluding hydrogens is 212 g/mol. The van der Waals surface area contributed by atoms with E-state index in [2.05, 4.69) is 4.98 Å². The summed E-state index contributed by atoms with van der Waals surface area (Å²) in [5.41, 5.74) is 6.64. The normalized spacial score (nSPS) is 17.6. The second-order valence-corrected chi connectivity index (χ2v) is 4.88. The number of rotatable bonds is 3. The van der Waals surface area contributed by atoms with Gasteiger partial charge in [-0.25, -0.2) is 4.98 Å². The van der Waals surface area contributed by atoms with Crippen LogP contribution >= 0.6 is 0 Å². The molecule has 1 aromatic rings.